The molecule has 2 aromatic rings. The number of sulfone groups is 1. The molecule has 42 heavy (non-hydrogen) atoms. The van der Waals surface area contributed by atoms with Crippen molar-refractivity contribution >= 4 is 21.7 Å². The maximum atomic E-state index is 14.9. The van der Waals surface area contributed by atoms with Crippen molar-refractivity contribution in [3.8, 4) is 0 Å². The molecular formula is C30H31F5N2O4S. The van der Waals surface area contributed by atoms with Crippen LogP contribution in [0.1, 0.15) is 55.7 Å². The summed E-state index contributed by atoms with van der Waals surface area (Å²) in [5, 5.41) is 2.76. The Bertz CT molecular complexity index is 1550. The molecule has 1 unspecified atom stereocenters. The number of nitrogens with zero attached hydrogens (tertiary/aromatic N) is 1. The summed E-state index contributed by atoms with van der Waals surface area (Å²) in [5.74, 6) is -2.20. The molecule has 0 radical (unpaired) electrons. The number of aryl methyl sites for hydroxylation is 1. The zero-order valence-corrected chi connectivity index (χ0v) is 23.8. The third kappa shape index (κ3) is 4.03. The van der Waals surface area contributed by atoms with E-state index in [1.165, 1.54) is 6.07 Å². The zero-order chi connectivity index (χ0) is 30.3. The molecule has 4 aliphatic rings. The van der Waals surface area contributed by atoms with Crippen LogP contribution in [0.3, 0.4) is 0 Å². The van der Waals surface area contributed by atoms with Gasteiger partial charge in [0.15, 0.2) is 9.84 Å². The average molecular weight is 611 g/mol. The number of rotatable bonds is 4. The van der Waals surface area contributed by atoms with Crippen LogP contribution in [0, 0.1) is 23.1 Å². The molecule has 2 saturated heterocycles. The van der Waals surface area contributed by atoms with Gasteiger partial charge in [0.1, 0.15) is 10.6 Å². The van der Waals surface area contributed by atoms with E-state index < -0.39 is 55.1 Å². The number of halogens is 5. The van der Waals surface area contributed by atoms with Gasteiger partial charge in [-0.3, -0.25) is 9.59 Å². The number of nitrogens with one attached hydrogen (secondary N) is 1. The number of piperidine rings is 1. The predicted octanol–water partition coefficient (Wildman–Crippen LogP) is 4.95. The Morgan fingerprint density at radius 3 is 2.24 bits per heavy atom. The van der Waals surface area contributed by atoms with E-state index in [1.807, 2.05) is 0 Å². The molecule has 226 valence electrons. The lowest BCUT2D eigenvalue weighted by Crippen LogP contribution is -2.63. The summed E-state index contributed by atoms with van der Waals surface area (Å²) < 4.78 is 96.6. The number of β-lactam (4-membered cyclic amide) rings is 1. The van der Waals surface area contributed by atoms with Gasteiger partial charge < -0.3 is 10.2 Å². The van der Waals surface area contributed by atoms with Crippen LogP contribution >= 0.6 is 0 Å². The largest absolute Gasteiger partial charge is 0.426 e. The molecule has 1 saturated carbocycles. The fraction of sp³-hybridized carbons (Fsp3) is 0.533. The number of benzene rings is 2. The molecule has 2 aliphatic heterocycles. The van der Waals surface area contributed by atoms with Gasteiger partial charge >= 0.3 is 6.18 Å². The van der Waals surface area contributed by atoms with Gasteiger partial charge in [0, 0.05) is 25.6 Å². The Hall–Kier alpha value is -3.02. The van der Waals surface area contributed by atoms with E-state index in [0.29, 0.717) is 45.0 Å². The van der Waals surface area contributed by atoms with Gasteiger partial charge in [0.2, 0.25) is 17.5 Å². The highest BCUT2D eigenvalue weighted by Gasteiger charge is 2.63. The van der Waals surface area contributed by atoms with Gasteiger partial charge in [-0.2, -0.15) is 13.2 Å². The first-order chi connectivity index (χ1) is 19.6. The minimum absolute atomic E-state index is 0.0157. The summed E-state index contributed by atoms with van der Waals surface area (Å²) in [7, 11) is -4.29. The van der Waals surface area contributed by atoms with E-state index in [-0.39, 0.29) is 48.0 Å². The molecule has 6 rings (SSSR count). The number of alkyl halides is 4. The molecule has 2 aromatic carbocycles. The molecule has 1 N–H and O–H groups in total. The minimum atomic E-state index is -5.17. The zero-order valence-electron chi connectivity index (χ0n) is 22.9. The first kappa shape index (κ1) is 29.1. The van der Waals surface area contributed by atoms with Crippen LogP contribution < -0.4 is 5.32 Å². The number of likely N-dealkylation sites (tertiary alicyclic amines) is 1. The van der Waals surface area contributed by atoms with Gasteiger partial charge in [-0.15, -0.1) is 0 Å². The second-order valence-corrected chi connectivity index (χ2v) is 14.5. The summed E-state index contributed by atoms with van der Waals surface area (Å²) >= 11 is 0. The van der Waals surface area contributed by atoms with Crippen LogP contribution in [0.15, 0.2) is 47.4 Å². The summed E-state index contributed by atoms with van der Waals surface area (Å²) in [6.45, 7) is 1.76. The third-order valence-corrected chi connectivity index (χ3v) is 12.9. The number of carbonyl (C=O) groups is 2. The highest BCUT2D eigenvalue weighted by atomic mass is 32.2. The van der Waals surface area contributed by atoms with Gasteiger partial charge in [-0.05, 0) is 92.3 Å². The summed E-state index contributed by atoms with van der Waals surface area (Å²) in [5.41, 5.74) is -4.14. The van der Waals surface area contributed by atoms with Crippen LogP contribution in [-0.4, -0.2) is 50.9 Å². The van der Waals surface area contributed by atoms with Crippen LogP contribution in [0.25, 0.3) is 0 Å². The van der Waals surface area contributed by atoms with Crippen molar-refractivity contribution in [2.75, 3.05) is 19.6 Å². The maximum absolute atomic E-state index is 14.9. The number of hydrogen-bond donors (Lipinski definition) is 1. The SMILES string of the molecule is CC(F)(c1ccc2c(c1)CC[C@H]1[C@H](C(=O)N3CCC4(CC3)CNC4=O)CC[C@@]21S(=O)(=O)c1ccc(F)cc1)C(F)(F)F. The lowest BCUT2D eigenvalue weighted by atomic mass is 9.71. The molecule has 6 nitrogen and oxygen atoms in total. The standard InChI is InChI=1S/C30H31F5N2O4S/c1-27(32,30(33,34)35)19-3-9-23-18(16-19)2-8-24-22(25(38)37-14-12-28(13-15-37)17-36-26(28)39)10-11-29(23,24)42(40,41)21-6-4-20(31)5-7-21/h3-7,9,16,22,24H,2,8,10-15,17H2,1H3,(H,36,39)/t22-,24+,27?,29-/m1/s1. The summed E-state index contributed by atoms with van der Waals surface area (Å²) in [6, 6.07) is 7.73. The van der Waals surface area contributed by atoms with Crippen LogP contribution in [-0.2, 0) is 36.3 Å². The molecule has 2 aliphatic carbocycles. The normalized spacial score (nSPS) is 28.3. The molecule has 0 bridgehead atoms. The fourth-order valence-corrected chi connectivity index (χ4v) is 10.1. The van der Waals surface area contributed by atoms with Crippen molar-refractivity contribution in [3.63, 3.8) is 0 Å². The minimum Gasteiger partial charge on any atom is -0.354 e. The summed E-state index contributed by atoms with van der Waals surface area (Å²) in [4.78, 5) is 27.6. The highest BCUT2D eigenvalue weighted by molar-refractivity contribution is 7.92. The molecule has 0 aromatic heterocycles. The van der Waals surface area contributed by atoms with Gasteiger partial charge in [-0.1, -0.05) is 18.2 Å². The molecule has 4 atom stereocenters. The van der Waals surface area contributed by atoms with Crippen molar-refractivity contribution in [1.82, 2.24) is 10.2 Å². The fourth-order valence-electron chi connectivity index (χ4n) is 7.63. The lowest BCUT2D eigenvalue weighted by Gasteiger charge is -2.47. The Morgan fingerprint density at radius 1 is 1.00 bits per heavy atom. The smallest absolute Gasteiger partial charge is 0.354 e. The third-order valence-electron chi connectivity index (χ3n) is 10.3. The second-order valence-electron chi connectivity index (χ2n) is 12.3. The van der Waals surface area contributed by atoms with Crippen LogP contribution in [0.2, 0.25) is 0 Å². The molecule has 3 fully saturated rings. The number of fused-ring (bicyclic) bond motifs is 3. The number of amides is 2. The van der Waals surface area contributed by atoms with Gasteiger partial charge in [-0.25, -0.2) is 17.2 Å². The van der Waals surface area contributed by atoms with E-state index in [2.05, 4.69) is 5.32 Å². The highest BCUT2D eigenvalue weighted by Crippen LogP contribution is 2.60. The number of hydrogen-bond acceptors (Lipinski definition) is 4. The van der Waals surface area contributed by atoms with Crippen molar-refractivity contribution in [2.24, 2.45) is 17.3 Å². The number of carbonyl (C=O) groups excluding carboxylic acids is 2. The maximum Gasteiger partial charge on any atom is 0.426 e. The van der Waals surface area contributed by atoms with Gasteiger partial charge in [0.05, 0.1) is 10.3 Å². The first-order valence-electron chi connectivity index (χ1n) is 14.1. The first-order valence-corrected chi connectivity index (χ1v) is 15.6. The Balaban J connectivity index is 1.40. The second kappa shape index (κ2) is 9.49. The Labute approximate surface area is 240 Å². The van der Waals surface area contributed by atoms with E-state index in [0.717, 1.165) is 36.4 Å². The lowest BCUT2D eigenvalue weighted by molar-refractivity contribution is -0.228. The predicted molar refractivity (Wildman–Crippen MR) is 142 cm³/mol. The topological polar surface area (TPSA) is 83.6 Å². The molecular weight excluding hydrogens is 579 g/mol. The quantitative estimate of drug-likeness (QED) is 0.302. The Morgan fingerprint density at radius 2 is 1.67 bits per heavy atom. The monoisotopic (exact) mass is 610 g/mol. The van der Waals surface area contributed by atoms with Crippen molar-refractivity contribution in [1.29, 1.82) is 0 Å². The molecule has 1 spiro atoms. The van der Waals surface area contributed by atoms with E-state index in [9.17, 15) is 40.0 Å². The molecule has 2 amide bonds. The summed E-state index contributed by atoms with van der Waals surface area (Å²) in [6.07, 6.45) is -3.49. The average Bonchev–Trinajstić information content (AvgIpc) is 3.37. The van der Waals surface area contributed by atoms with Crippen LogP contribution in [0.4, 0.5) is 22.0 Å². The molecule has 12 heteroatoms. The van der Waals surface area contributed by atoms with E-state index in [1.54, 1.807) is 4.90 Å². The van der Waals surface area contributed by atoms with E-state index in [4.69, 9.17) is 0 Å². The van der Waals surface area contributed by atoms with Crippen molar-refractivity contribution in [3.05, 3.63) is 65.0 Å². The van der Waals surface area contributed by atoms with Crippen LogP contribution in [0.5, 0.6) is 0 Å². The van der Waals surface area contributed by atoms with Gasteiger partial charge in [0.25, 0.3) is 0 Å². The Kier molecular flexibility index (Phi) is 6.57. The van der Waals surface area contributed by atoms with Crippen molar-refractivity contribution < 1.29 is 40.0 Å². The van der Waals surface area contributed by atoms with Crippen molar-refractivity contribution in [2.45, 2.75) is 66.9 Å². The van der Waals surface area contributed by atoms with E-state index >= 15 is 0 Å². The molecule has 2 heterocycles.